The number of nitrogens with two attached hydrogens (primary N) is 1. The van der Waals surface area contributed by atoms with E-state index in [9.17, 15) is 4.79 Å². The van der Waals surface area contributed by atoms with Crippen LogP contribution in [0.2, 0.25) is 0 Å². The van der Waals surface area contributed by atoms with Gasteiger partial charge in [-0.2, -0.15) is 0 Å². The molecule has 26 heavy (non-hydrogen) atoms. The molecule has 0 radical (unpaired) electrons. The predicted molar refractivity (Wildman–Crippen MR) is 106 cm³/mol. The van der Waals surface area contributed by atoms with Crippen LogP contribution in [0.25, 0.3) is 11.0 Å². The fourth-order valence-corrected chi connectivity index (χ4v) is 3.53. The number of pyridine rings is 1. The highest BCUT2D eigenvalue weighted by molar-refractivity contribution is 7.12. The highest BCUT2D eigenvalue weighted by Crippen LogP contribution is 2.29. The number of nitrogens with one attached hydrogen (secondary N) is 3. The molecule has 7 heteroatoms. The lowest BCUT2D eigenvalue weighted by Crippen LogP contribution is -2.22. The number of aromatic nitrogens is 2. The minimum absolute atomic E-state index is 0.121. The second kappa shape index (κ2) is 6.89. The summed E-state index contributed by atoms with van der Waals surface area (Å²) in [7, 11) is 0. The molecule has 0 fully saturated rings. The van der Waals surface area contributed by atoms with Crippen molar-refractivity contribution in [1.82, 2.24) is 15.3 Å². The highest BCUT2D eigenvalue weighted by Gasteiger charge is 2.14. The molecular weight excluding hydrogens is 346 g/mol. The Morgan fingerprint density at radius 3 is 3.00 bits per heavy atom. The first kappa shape index (κ1) is 16.2. The molecule has 3 heterocycles. The summed E-state index contributed by atoms with van der Waals surface area (Å²) in [6.45, 7) is 0.429. The van der Waals surface area contributed by atoms with E-state index in [-0.39, 0.29) is 5.91 Å². The van der Waals surface area contributed by atoms with Gasteiger partial charge in [0.05, 0.1) is 11.4 Å². The summed E-state index contributed by atoms with van der Waals surface area (Å²) in [6, 6.07) is 13.2. The quantitative estimate of drug-likeness (QED) is 0.405. The minimum Gasteiger partial charge on any atom is -0.399 e. The molecule has 6 nitrogen and oxygen atoms in total. The lowest BCUT2D eigenvalue weighted by Gasteiger charge is -2.09. The van der Waals surface area contributed by atoms with Gasteiger partial charge in [-0.15, -0.1) is 11.3 Å². The van der Waals surface area contributed by atoms with E-state index in [1.54, 1.807) is 6.20 Å². The van der Waals surface area contributed by atoms with Crippen LogP contribution in [-0.2, 0) is 6.54 Å². The Kier molecular flexibility index (Phi) is 4.28. The Morgan fingerprint density at radius 2 is 2.12 bits per heavy atom. The van der Waals surface area contributed by atoms with Gasteiger partial charge in [-0.25, -0.2) is 4.98 Å². The highest BCUT2D eigenvalue weighted by atomic mass is 32.1. The summed E-state index contributed by atoms with van der Waals surface area (Å²) in [5.41, 5.74) is 9.90. The largest absolute Gasteiger partial charge is 0.399 e. The number of amides is 1. The number of thiophene rings is 1. The molecule has 130 valence electrons. The van der Waals surface area contributed by atoms with Crippen LogP contribution in [0.1, 0.15) is 15.2 Å². The molecule has 0 spiro atoms. The van der Waals surface area contributed by atoms with E-state index in [2.05, 4.69) is 20.6 Å². The number of fused-ring (bicyclic) bond motifs is 1. The Balaban J connectivity index is 1.51. The van der Waals surface area contributed by atoms with Crippen molar-refractivity contribution in [1.29, 1.82) is 0 Å². The summed E-state index contributed by atoms with van der Waals surface area (Å²) in [6.07, 6.45) is 3.57. The third-order valence-corrected chi connectivity index (χ3v) is 4.92. The zero-order valence-corrected chi connectivity index (χ0v) is 14.6. The van der Waals surface area contributed by atoms with Gasteiger partial charge >= 0.3 is 0 Å². The number of carbonyl (C=O) groups is 1. The van der Waals surface area contributed by atoms with E-state index in [0.717, 1.165) is 28.0 Å². The first-order chi connectivity index (χ1) is 12.7. The van der Waals surface area contributed by atoms with E-state index in [4.69, 9.17) is 5.73 Å². The Hall–Kier alpha value is -3.32. The fraction of sp³-hybridized carbons (Fsp3) is 0.0526. The molecule has 0 saturated carbocycles. The van der Waals surface area contributed by atoms with Crippen LogP contribution < -0.4 is 16.4 Å². The second-order valence-electron chi connectivity index (χ2n) is 5.81. The molecule has 4 aromatic rings. The Bertz CT molecular complexity index is 1070. The van der Waals surface area contributed by atoms with Crippen LogP contribution in [0.15, 0.2) is 60.2 Å². The number of hydrogen-bond acceptors (Lipinski definition) is 5. The standard InChI is InChI=1S/C19H17N5OS/c20-13-3-1-2-12(10-13)11-23-19(25)17-16(6-9-26-17)24-15-5-8-22-18-14(15)4-7-21-18/h1-10H,11,20H2,(H,23,25)(H2,21,22,24). The minimum atomic E-state index is -0.121. The van der Waals surface area contributed by atoms with Gasteiger partial charge in [0.25, 0.3) is 5.91 Å². The van der Waals surface area contributed by atoms with Crippen molar-refractivity contribution in [3.8, 4) is 0 Å². The van der Waals surface area contributed by atoms with E-state index in [1.807, 2.05) is 54.0 Å². The van der Waals surface area contributed by atoms with Crippen molar-refractivity contribution in [2.75, 3.05) is 11.1 Å². The molecule has 5 N–H and O–H groups in total. The van der Waals surface area contributed by atoms with E-state index in [0.29, 0.717) is 17.1 Å². The van der Waals surface area contributed by atoms with Gasteiger partial charge in [-0.3, -0.25) is 4.79 Å². The lowest BCUT2D eigenvalue weighted by molar-refractivity contribution is 0.0955. The van der Waals surface area contributed by atoms with Gasteiger partial charge in [0.15, 0.2) is 0 Å². The number of H-pyrrole nitrogens is 1. The molecule has 0 aliphatic heterocycles. The van der Waals surface area contributed by atoms with Gasteiger partial charge in [0, 0.05) is 30.0 Å². The molecular formula is C19H17N5OS. The molecule has 0 saturated heterocycles. The number of hydrogen-bond donors (Lipinski definition) is 4. The summed E-state index contributed by atoms with van der Waals surface area (Å²) in [5.74, 6) is -0.121. The van der Waals surface area contributed by atoms with Gasteiger partial charge in [0.2, 0.25) is 0 Å². The monoisotopic (exact) mass is 363 g/mol. The normalized spacial score (nSPS) is 10.8. The van der Waals surface area contributed by atoms with Crippen LogP contribution in [0.4, 0.5) is 17.1 Å². The number of benzene rings is 1. The Morgan fingerprint density at radius 1 is 1.19 bits per heavy atom. The maximum Gasteiger partial charge on any atom is 0.263 e. The third kappa shape index (κ3) is 3.25. The van der Waals surface area contributed by atoms with Crippen molar-refractivity contribution < 1.29 is 4.79 Å². The van der Waals surface area contributed by atoms with Crippen molar-refractivity contribution in [3.05, 3.63) is 70.7 Å². The molecule has 3 aromatic heterocycles. The zero-order chi connectivity index (χ0) is 17.9. The van der Waals surface area contributed by atoms with Crippen molar-refractivity contribution in [2.24, 2.45) is 0 Å². The second-order valence-corrected chi connectivity index (χ2v) is 6.73. The van der Waals surface area contributed by atoms with E-state index >= 15 is 0 Å². The lowest BCUT2D eigenvalue weighted by atomic mass is 10.2. The van der Waals surface area contributed by atoms with Crippen LogP contribution in [0.3, 0.4) is 0 Å². The van der Waals surface area contributed by atoms with Crippen LogP contribution in [-0.4, -0.2) is 15.9 Å². The average molecular weight is 363 g/mol. The number of nitrogen functional groups attached to an aromatic ring is 1. The maximum atomic E-state index is 12.6. The summed E-state index contributed by atoms with van der Waals surface area (Å²) in [5, 5.41) is 9.16. The summed E-state index contributed by atoms with van der Waals surface area (Å²) in [4.78, 5) is 20.6. The zero-order valence-electron chi connectivity index (χ0n) is 13.8. The van der Waals surface area contributed by atoms with E-state index in [1.165, 1.54) is 11.3 Å². The molecule has 1 aromatic carbocycles. The molecule has 0 unspecified atom stereocenters. The fourth-order valence-electron chi connectivity index (χ4n) is 2.76. The number of anilines is 3. The molecule has 0 aliphatic carbocycles. The van der Waals surface area contributed by atoms with Gasteiger partial charge in [0.1, 0.15) is 10.5 Å². The van der Waals surface area contributed by atoms with Crippen molar-refractivity contribution in [3.63, 3.8) is 0 Å². The van der Waals surface area contributed by atoms with Crippen molar-refractivity contribution in [2.45, 2.75) is 6.54 Å². The van der Waals surface area contributed by atoms with Crippen LogP contribution >= 0.6 is 11.3 Å². The predicted octanol–water partition coefficient (Wildman–Crippen LogP) is 3.88. The molecule has 1 amide bonds. The van der Waals surface area contributed by atoms with Crippen molar-refractivity contribution >= 4 is 45.3 Å². The number of rotatable bonds is 5. The average Bonchev–Trinajstić information content (AvgIpc) is 3.29. The molecule has 0 atom stereocenters. The number of carbonyl (C=O) groups excluding carboxylic acids is 1. The maximum absolute atomic E-state index is 12.6. The molecule has 0 bridgehead atoms. The first-order valence-corrected chi connectivity index (χ1v) is 8.98. The molecule has 0 aliphatic rings. The van der Waals surface area contributed by atoms with Gasteiger partial charge in [-0.1, -0.05) is 12.1 Å². The van der Waals surface area contributed by atoms with Crippen LogP contribution in [0.5, 0.6) is 0 Å². The Labute approximate surface area is 154 Å². The summed E-state index contributed by atoms with van der Waals surface area (Å²) < 4.78 is 0. The number of nitrogens with zero attached hydrogens (tertiary/aromatic N) is 1. The number of aromatic amines is 1. The molecule has 4 rings (SSSR count). The smallest absolute Gasteiger partial charge is 0.263 e. The first-order valence-electron chi connectivity index (χ1n) is 8.10. The van der Waals surface area contributed by atoms with E-state index < -0.39 is 0 Å². The SMILES string of the molecule is Nc1cccc(CNC(=O)c2sccc2Nc2ccnc3[nH]ccc23)c1. The third-order valence-electron chi connectivity index (χ3n) is 4.01. The van der Waals surface area contributed by atoms with Gasteiger partial charge in [-0.05, 0) is 41.3 Å². The summed E-state index contributed by atoms with van der Waals surface area (Å²) >= 11 is 1.40. The van der Waals surface area contributed by atoms with Gasteiger partial charge < -0.3 is 21.4 Å². The topological polar surface area (TPSA) is 95.8 Å². The van der Waals surface area contributed by atoms with Crippen LogP contribution in [0, 0.1) is 0 Å².